The van der Waals surface area contributed by atoms with Gasteiger partial charge in [0.2, 0.25) is 82.7 Å². The monoisotopic (exact) mass is 1590 g/mol. The highest BCUT2D eigenvalue weighted by molar-refractivity contribution is 6.01. The molecule has 0 aromatic heterocycles. The molecule has 0 bridgehead atoms. The second-order valence-electron chi connectivity index (χ2n) is 32.3. The number of hydrogen-bond donors (Lipinski definition) is 7. The molecule has 115 heavy (non-hydrogen) atoms. The van der Waals surface area contributed by atoms with Gasteiger partial charge in [-0.15, -0.1) is 0 Å². The third kappa shape index (κ3) is 26.7. The minimum absolute atomic E-state index is 0.0308. The van der Waals surface area contributed by atoms with Gasteiger partial charge in [-0.2, -0.15) is 0 Å². The van der Waals surface area contributed by atoms with Gasteiger partial charge in [-0.1, -0.05) is 177 Å². The molecule has 2 fully saturated rings. The highest BCUT2D eigenvalue weighted by atomic mass is 16.3. The first-order valence-electron chi connectivity index (χ1n) is 40.1. The molecule has 29 heteroatoms. The van der Waals surface area contributed by atoms with Gasteiger partial charge in [0.15, 0.2) is 0 Å². The number of hydrogen-bond acceptors (Lipinski definition) is 15. The topological polar surface area (TPSA) is 357 Å². The minimum atomic E-state index is -1.93. The van der Waals surface area contributed by atoms with Crippen LogP contribution in [0, 0.1) is 23.7 Å². The molecule has 0 aliphatic carbocycles. The number of nitrogens with one attached hydrogen (secondary N) is 6. The Hall–Kier alpha value is -10.6. The molecule has 0 saturated carbocycles. The van der Waals surface area contributed by atoms with Crippen molar-refractivity contribution in [1.82, 2.24) is 71.1 Å². The predicted octanol–water partition coefficient (Wildman–Crippen LogP) is 3.53. The lowest BCUT2D eigenvalue weighted by molar-refractivity contribution is -0.150. The second kappa shape index (κ2) is 44.3. The van der Waals surface area contributed by atoms with Gasteiger partial charge in [0.1, 0.15) is 66.5 Å². The van der Waals surface area contributed by atoms with Crippen LogP contribution in [0.3, 0.4) is 0 Å². The van der Waals surface area contributed by atoms with Crippen molar-refractivity contribution in [2.24, 2.45) is 23.7 Å². The molecule has 2 aliphatic rings. The number of aliphatic hydroxyl groups excluding tert-OH is 1. The molecule has 4 aromatic rings. The molecule has 14 amide bonds. The summed E-state index contributed by atoms with van der Waals surface area (Å²) in [6.45, 7) is 16.9. The van der Waals surface area contributed by atoms with Gasteiger partial charge in [-0.05, 0) is 91.9 Å². The lowest BCUT2D eigenvalue weighted by Gasteiger charge is -2.37. The van der Waals surface area contributed by atoms with E-state index in [0.717, 1.165) is 34.0 Å². The summed E-state index contributed by atoms with van der Waals surface area (Å²) in [5, 5.41) is 28.1. The minimum Gasteiger partial charge on any atom is -0.391 e. The summed E-state index contributed by atoms with van der Waals surface area (Å²) in [5.74, 6) is -12.5. The third-order valence-electron chi connectivity index (χ3n) is 21.6. The van der Waals surface area contributed by atoms with Gasteiger partial charge in [0.05, 0.1) is 19.1 Å². The number of rotatable bonds is 22. The van der Waals surface area contributed by atoms with Crippen LogP contribution in [0.4, 0.5) is 0 Å². The molecule has 2 aliphatic heterocycles. The quantitative estimate of drug-likeness (QED) is 0.0592. The Labute approximate surface area is 678 Å². The molecular weight excluding hydrogens is 1470 g/mol. The maximum atomic E-state index is 15.8. The van der Waals surface area contributed by atoms with E-state index >= 15 is 33.6 Å². The highest BCUT2D eigenvalue weighted by Gasteiger charge is 2.44. The van der Waals surface area contributed by atoms with Gasteiger partial charge in [0, 0.05) is 101 Å². The number of amides is 14. The normalized spacial score (nSPS) is 22.3. The van der Waals surface area contributed by atoms with E-state index in [1.165, 1.54) is 75.9 Å². The molecule has 4 aromatic carbocycles. The Kier molecular flexibility index (Phi) is 36.0. The van der Waals surface area contributed by atoms with Crippen LogP contribution >= 0.6 is 0 Å². The molecule has 0 unspecified atom stereocenters. The van der Waals surface area contributed by atoms with Crippen LogP contribution < -0.4 is 31.9 Å². The summed E-state index contributed by atoms with van der Waals surface area (Å²) < 4.78 is 0. The Bertz CT molecular complexity index is 3960. The van der Waals surface area contributed by atoms with E-state index in [1.807, 2.05) is 27.7 Å². The van der Waals surface area contributed by atoms with Gasteiger partial charge < -0.3 is 76.2 Å². The van der Waals surface area contributed by atoms with Gasteiger partial charge >= 0.3 is 0 Å². The Morgan fingerprint density at radius 2 is 0.991 bits per heavy atom. The van der Waals surface area contributed by atoms with E-state index in [0.29, 0.717) is 35.3 Å². The number of likely N-dealkylation sites (tertiary alicyclic amines) is 1. The number of aliphatic hydroxyl groups is 1. The van der Waals surface area contributed by atoms with Crippen molar-refractivity contribution in [3.8, 4) is 0 Å². The van der Waals surface area contributed by atoms with Crippen molar-refractivity contribution in [2.45, 2.75) is 212 Å². The first kappa shape index (κ1) is 93.3. The largest absolute Gasteiger partial charge is 0.391 e. The van der Waals surface area contributed by atoms with E-state index < -0.39 is 181 Å². The zero-order valence-electron chi connectivity index (χ0n) is 70.1. The van der Waals surface area contributed by atoms with Gasteiger partial charge in [-0.25, -0.2) is 0 Å². The van der Waals surface area contributed by atoms with E-state index in [2.05, 4.69) is 31.9 Å². The highest BCUT2D eigenvalue weighted by Crippen LogP contribution is 2.24. The van der Waals surface area contributed by atoms with Crippen molar-refractivity contribution >= 4 is 82.7 Å². The maximum Gasteiger partial charge on any atom is 0.246 e. The third-order valence-corrected chi connectivity index (χ3v) is 21.6. The van der Waals surface area contributed by atoms with Crippen LogP contribution in [-0.2, 0) is 92.8 Å². The predicted molar refractivity (Wildman–Crippen MR) is 436 cm³/mol. The van der Waals surface area contributed by atoms with Gasteiger partial charge in [0.25, 0.3) is 0 Å². The van der Waals surface area contributed by atoms with E-state index in [1.54, 1.807) is 161 Å². The van der Waals surface area contributed by atoms with Crippen molar-refractivity contribution in [3.05, 3.63) is 144 Å². The molecule has 7 N–H and O–H groups in total. The summed E-state index contributed by atoms with van der Waals surface area (Å²) in [5.41, 5.74) is 2.47. The number of nitrogens with zero attached hydrogens (tertiary/aromatic N) is 8. The smallest absolute Gasteiger partial charge is 0.246 e. The van der Waals surface area contributed by atoms with Crippen LogP contribution in [0.15, 0.2) is 121 Å². The molecule has 2 saturated heterocycles. The fraction of sp³-hybridized carbons (Fsp3) is 0.558. The van der Waals surface area contributed by atoms with Crippen LogP contribution in [0.2, 0.25) is 0 Å². The fourth-order valence-corrected chi connectivity index (χ4v) is 14.6. The standard InChI is InChI=1S/C86H124N14O15/c1-53(2)45-65-78(107)89-63(47-59-33-23-18-24-34-59)83(112)99(17)75(56(7)8)80(109)92-74(58(10)101)79(108)90-64(82(111)97(15)69(50-62-39-29-21-30-40-62)85(114)96(14)67(49-61-37-27-20-28-38-61)77(106)88-57(9)81(110)100-42-31-22-32-43-100)51-71(103)93(11)44-41-70(102)91-73(55(5)6)86(115)98(16)68(46-54(3)4)84(113)95(13)66(48-60-35-25-19-26-36-60)76(105)87-52-72(104)94(65)12/h18-21,23-30,33-40,53-58,63-69,73-75,101H,22,31-32,41-52H2,1-17H3,(H,87,105)(H,88,106)(H,89,107)(H,90,108)(H,91,102)(H,92,109)/t57-,58+,63-,64-,65-,66-,67-,68-,69-,73-,74-,75-/m0/s1. The second-order valence-corrected chi connectivity index (χ2v) is 32.3. The fourth-order valence-electron chi connectivity index (χ4n) is 14.6. The Morgan fingerprint density at radius 1 is 0.487 bits per heavy atom. The molecular formula is C86H124N14O15. The molecule has 6 rings (SSSR count). The van der Waals surface area contributed by atoms with Gasteiger partial charge in [-0.3, -0.25) is 67.1 Å². The zero-order chi connectivity index (χ0) is 85.2. The molecule has 29 nitrogen and oxygen atoms in total. The molecule has 0 radical (unpaired) electrons. The molecule has 628 valence electrons. The summed E-state index contributed by atoms with van der Waals surface area (Å²) in [6.07, 6.45) is -0.673. The Balaban J connectivity index is 1.46. The summed E-state index contributed by atoms with van der Waals surface area (Å²) >= 11 is 0. The first-order chi connectivity index (χ1) is 54.3. The number of carbonyl (C=O) groups is 14. The van der Waals surface area contributed by atoms with Crippen molar-refractivity contribution in [3.63, 3.8) is 0 Å². The molecule has 12 atom stereocenters. The number of carbonyl (C=O) groups excluding carboxylic acids is 14. The molecule has 0 spiro atoms. The van der Waals surface area contributed by atoms with E-state index in [4.69, 9.17) is 0 Å². The molecule has 2 heterocycles. The summed E-state index contributed by atoms with van der Waals surface area (Å²) in [6, 6.07) is 19.6. The SMILES string of the molecule is CC(C)C[C@H]1C(=O)N[C@@H](Cc2ccccc2)C(=O)N(C)[C@@H](C(C)C)C(=O)N[C@@H]([C@@H](C)O)C(=O)N[C@H](C(=O)N(C)[C@@H](Cc2ccccc2)C(=O)N(C)[C@@H](Cc2ccccc2)C(=O)N[C@@H](C)C(=O)N2CCCCC2)CC(=O)N(C)CCC(=O)N[C@@H](C(C)C)C(=O)N(C)[C@@H](CC(C)C)C(=O)N(C)[C@@H](Cc2ccccc2)C(=O)NCC(=O)N1C. The lowest BCUT2D eigenvalue weighted by Crippen LogP contribution is -2.63. The zero-order valence-corrected chi connectivity index (χ0v) is 70.1. The van der Waals surface area contributed by atoms with Crippen LogP contribution in [0.5, 0.6) is 0 Å². The Morgan fingerprint density at radius 3 is 1.50 bits per heavy atom. The van der Waals surface area contributed by atoms with Crippen molar-refractivity contribution < 1.29 is 72.2 Å². The number of piperidine rings is 1. The number of benzene rings is 4. The van der Waals surface area contributed by atoms with Crippen LogP contribution in [-0.4, -0.2) is 275 Å². The average molecular weight is 1590 g/mol. The van der Waals surface area contributed by atoms with Crippen LogP contribution in [0.25, 0.3) is 0 Å². The number of likely N-dealkylation sites (N-methyl/N-ethyl adjacent to an activating group) is 6. The first-order valence-corrected chi connectivity index (χ1v) is 40.1. The van der Waals surface area contributed by atoms with Crippen molar-refractivity contribution in [1.29, 1.82) is 0 Å². The lowest BCUT2D eigenvalue weighted by atomic mass is 9.96. The van der Waals surface area contributed by atoms with E-state index in [-0.39, 0.29) is 62.8 Å². The summed E-state index contributed by atoms with van der Waals surface area (Å²) in [7, 11) is 9.62. The van der Waals surface area contributed by atoms with Crippen molar-refractivity contribution in [2.75, 3.05) is 75.5 Å². The van der Waals surface area contributed by atoms with Crippen LogP contribution in [0.1, 0.15) is 136 Å². The summed E-state index contributed by atoms with van der Waals surface area (Å²) in [4.78, 5) is 219. The van der Waals surface area contributed by atoms with E-state index in [9.17, 15) is 38.7 Å². The average Bonchev–Trinajstić information content (AvgIpc) is 0.816. The maximum absolute atomic E-state index is 15.8.